The van der Waals surface area contributed by atoms with Gasteiger partial charge in [0.1, 0.15) is 23.8 Å². The molecular formula is C37H50N4O11. The zero-order valence-corrected chi connectivity index (χ0v) is 30.6. The van der Waals surface area contributed by atoms with E-state index in [9.17, 15) is 29.5 Å². The van der Waals surface area contributed by atoms with Gasteiger partial charge in [-0.3, -0.25) is 24.4 Å². The molecule has 1 aliphatic heterocycles. The number of allylic oxidation sites excluding steroid dienone is 12. The van der Waals surface area contributed by atoms with Crippen LogP contribution in [0.3, 0.4) is 0 Å². The molecule has 1 saturated heterocycles. The predicted octanol–water partition coefficient (Wildman–Crippen LogP) is 2.96. The number of hydrogen-bond donors (Lipinski definition) is 3. The molecule has 284 valence electrons. The van der Waals surface area contributed by atoms with Gasteiger partial charge in [0.2, 0.25) is 5.91 Å². The number of ether oxygens (including phenoxy) is 4. The van der Waals surface area contributed by atoms with E-state index in [0.717, 1.165) is 16.7 Å². The first kappa shape index (κ1) is 43.4. The molecule has 0 radical (unpaired) electrons. The van der Waals surface area contributed by atoms with E-state index in [1.165, 1.54) is 39.8 Å². The molecule has 1 aromatic heterocycles. The maximum atomic E-state index is 13.5. The van der Waals surface area contributed by atoms with Gasteiger partial charge in [-0.1, -0.05) is 72.9 Å². The molecule has 15 heteroatoms. The molecule has 3 amide bonds. The van der Waals surface area contributed by atoms with Crippen molar-refractivity contribution in [2.75, 3.05) is 41.2 Å². The number of hydroxylamine groups is 2. The molecule has 0 spiro atoms. The Morgan fingerprint density at radius 1 is 1.04 bits per heavy atom. The number of oxazole rings is 1. The summed E-state index contributed by atoms with van der Waals surface area (Å²) in [5.41, 5.74) is -3.03. The number of rotatable bonds is 20. The smallest absolute Gasteiger partial charge is 0.281 e. The number of ketones is 1. The van der Waals surface area contributed by atoms with Crippen molar-refractivity contribution in [2.24, 2.45) is 5.41 Å². The second-order valence-corrected chi connectivity index (χ2v) is 12.1. The van der Waals surface area contributed by atoms with Gasteiger partial charge < -0.3 is 38.7 Å². The third kappa shape index (κ3) is 12.2. The van der Waals surface area contributed by atoms with Crippen LogP contribution in [0.5, 0.6) is 0 Å². The molecule has 1 aromatic rings. The molecule has 52 heavy (non-hydrogen) atoms. The number of amides is 3. The number of aliphatic hydroxyl groups is 1. The Balaban J connectivity index is 1.86. The summed E-state index contributed by atoms with van der Waals surface area (Å²) in [6.45, 7) is 5.80. The molecule has 1 aliphatic rings. The van der Waals surface area contributed by atoms with E-state index in [2.05, 4.69) is 10.3 Å². The molecule has 2 heterocycles. The third-order valence-corrected chi connectivity index (χ3v) is 8.03. The van der Waals surface area contributed by atoms with Gasteiger partial charge in [0.15, 0.2) is 25.3 Å². The number of carbonyl (C=O) groups is 4. The first-order valence-electron chi connectivity index (χ1n) is 16.4. The first-order chi connectivity index (χ1) is 24.7. The Hall–Kier alpha value is -4.77. The van der Waals surface area contributed by atoms with Crippen LogP contribution in [-0.4, -0.2) is 114 Å². The Kier molecular flexibility index (Phi) is 18.0. The third-order valence-electron chi connectivity index (χ3n) is 8.03. The van der Waals surface area contributed by atoms with Crippen LogP contribution in [0.1, 0.15) is 33.5 Å². The van der Waals surface area contributed by atoms with E-state index in [-0.39, 0.29) is 24.2 Å². The first-order valence-corrected chi connectivity index (χ1v) is 16.4. The fourth-order valence-electron chi connectivity index (χ4n) is 4.83. The van der Waals surface area contributed by atoms with Crippen LogP contribution in [0.4, 0.5) is 0 Å². The number of nitrogens with one attached hydrogen (secondary N) is 1. The topological polar surface area (TPSA) is 190 Å². The van der Waals surface area contributed by atoms with Crippen molar-refractivity contribution in [1.82, 2.24) is 20.3 Å². The molecular weight excluding hydrogens is 676 g/mol. The highest BCUT2D eigenvalue weighted by atomic mass is 16.8. The fourth-order valence-corrected chi connectivity index (χ4v) is 4.83. The summed E-state index contributed by atoms with van der Waals surface area (Å²) < 4.78 is 26.0. The monoisotopic (exact) mass is 726 g/mol. The number of aromatic nitrogens is 1. The summed E-state index contributed by atoms with van der Waals surface area (Å²) in [4.78, 5) is 56.9. The SMILES string of the molecule is COC(C)C(C(O)OC)N(C)C(=O)C1(N(O)C(=O)/C=C/C=C/C=C/C=C\CNC(=O)C(C)(C)C(=O)\C(C)=C/C=C\C=C\Cc2cnco2)COCO1. The van der Waals surface area contributed by atoms with Gasteiger partial charge >= 0.3 is 0 Å². The second kappa shape index (κ2) is 21.6. The summed E-state index contributed by atoms with van der Waals surface area (Å²) in [6, 6.07) is -1.00. The largest absolute Gasteiger partial charge is 0.448 e. The van der Waals surface area contributed by atoms with Crippen LogP contribution >= 0.6 is 0 Å². The predicted molar refractivity (Wildman–Crippen MR) is 190 cm³/mol. The standard InChI is InChI=1S/C37H50N4O11/c1-27(19-15-12-13-16-20-29-23-38-25-51-29)32(43)36(3,4)34(45)39-22-18-14-10-8-9-11-17-21-30(42)41(47)37(24-50-26-52-37)35(46)40(5)31(28(2)48-6)33(44)49-7/h8-19,21,23,25,28,31,33,44,47H,20,22,24,26H2,1-7H3,(H,39,45)/b10-8+,11-9+,15-12-,16-13+,18-14-,21-17+,27-19-. The van der Waals surface area contributed by atoms with E-state index in [1.54, 1.807) is 82.5 Å². The Morgan fingerprint density at radius 3 is 2.31 bits per heavy atom. The number of likely N-dealkylation sites (N-methyl/N-ethyl adjacent to an activating group) is 1. The van der Waals surface area contributed by atoms with Crippen LogP contribution in [0.15, 0.2) is 102 Å². The van der Waals surface area contributed by atoms with Crippen LogP contribution in [0.25, 0.3) is 0 Å². The summed E-state index contributed by atoms with van der Waals surface area (Å²) in [7, 11) is 4.01. The Labute approximate surface area is 304 Å². The fraction of sp³-hybridized carbons (Fsp3) is 0.432. The van der Waals surface area contributed by atoms with E-state index >= 15 is 0 Å². The van der Waals surface area contributed by atoms with Gasteiger partial charge in [-0.25, -0.2) is 4.98 Å². The molecule has 1 fully saturated rings. The maximum Gasteiger partial charge on any atom is 0.281 e. The minimum Gasteiger partial charge on any atom is -0.448 e. The lowest BCUT2D eigenvalue weighted by molar-refractivity contribution is -0.249. The van der Waals surface area contributed by atoms with Crippen molar-refractivity contribution in [1.29, 1.82) is 0 Å². The van der Waals surface area contributed by atoms with Crippen molar-refractivity contribution in [3.8, 4) is 0 Å². The molecule has 0 saturated carbocycles. The highest BCUT2D eigenvalue weighted by molar-refractivity contribution is 6.12. The highest BCUT2D eigenvalue weighted by Gasteiger charge is 2.54. The van der Waals surface area contributed by atoms with E-state index in [0.29, 0.717) is 12.0 Å². The van der Waals surface area contributed by atoms with Crippen LogP contribution in [-0.2, 0) is 44.5 Å². The maximum absolute atomic E-state index is 13.5. The zero-order chi connectivity index (χ0) is 38.7. The van der Waals surface area contributed by atoms with Crippen molar-refractivity contribution >= 4 is 23.5 Å². The van der Waals surface area contributed by atoms with Crippen molar-refractivity contribution in [2.45, 2.75) is 58.3 Å². The summed E-state index contributed by atoms with van der Waals surface area (Å²) in [5.74, 6) is -1.79. The van der Waals surface area contributed by atoms with Gasteiger partial charge in [0.25, 0.3) is 17.5 Å². The Bertz CT molecular complexity index is 1520. The minimum atomic E-state index is -2.20. The van der Waals surface area contributed by atoms with Crippen molar-refractivity contribution < 1.29 is 52.9 Å². The molecule has 3 N–H and O–H groups in total. The summed E-state index contributed by atoms with van der Waals surface area (Å²) in [6.07, 6.45) is 22.6. The molecule has 4 unspecified atom stereocenters. The van der Waals surface area contributed by atoms with Crippen LogP contribution in [0.2, 0.25) is 0 Å². The minimum absolute atomic E-state index is 0.149. The van der Waals surface area contributed by atoms with Crippen molar-refractivity contribution in [3.05, 3.63) is 103 Å². The normalized spacial score (nSPS) is 19.1. The lowest BCUT2D eigenvalue weighted by atomic mass is 9.83. The highest BCUT2D eigenvalue weighted by Crippen LogP contribution is 2.27. The summed E-state index contributed by atoms with van der Waals surface area (Å²) in [5, 5.41) is 24.0. The van der Waals surface area contributed by atoms with E-state index in [4.69, 9.17) is 23.4 Å². The zero-order valence-electron chi connectivity index (χ0n) is 30.6. The summed E-state index contributed by atoms with van der Waals surface area (Å²) >= 11 is 0. The van der Waals surface area contributed by atoms with E-state index < -0.39 is 53.9 Å². The van der Waals surface area contributed by atoms with Crippen molar-refractivity contribution in [3.63, 3.8) is 0 Å². The quantitative estimate of drug-likeness (QED) is 0.0446. The van der Waals surface area contributed by atoms with Crippen LogP contribution in [0, 0.1) is 5.41 Å². The van der Waals surface area contributed by atoms with Crippen LogP contribution < -0.4 is 5.32 Å². The molecule has 0 bridgehead atoms. The number of carbonyl (C=O) groups excluding carboxylic acids is 4. The number of methoxy groups -OCH3 is 2. The van der Waals surface area contributed by atoms with Gasteiger partial charge in [-0.05, 0) is 33.3 Å². The number of aliphatic hydroxyl groups excluding tert-OH is 1. The molecule has 0 aliphatic carbocycles. The van der Waals surface area contributed by atoms with Gasteiger partial charge in [0, 0.05) is 40.3 Å². The average molecular weight is 727 g/mol. The molecule has 0 aromatic carbocycles. The number of nitrogens with zero attached hydrogens (tertiary/aromatic N) is 3. The molecule has 2 rings (SSSR count). The lowest BCUT2D eigenvalue weighted by Crippen LogP contribution is -2.65. The molecule has 4 atom stereocenters. The Morgan fingerprint density at radius 2 is 1.69 bits per heavy atom. The van der Waals surface area contributed by atoms with Gasteiger partial charge in [-0.2, -0.15) is 5.06 Å². The van der Waals surface area contributed by atoms with E-state index in [1.807, 2.05) is 12.2 Å². The second-order valence-electron chi connectivity index (χ2n) is 12.1. The average Bonchev–Trinajstić information content (AvgIpc) is 3.86. The number of Topliss-reactive ketones (excluding diaryl/α,β-unsaturated/α-hetero) is 1. The number of hydrogen-bond acceptors (Lipinski definition) is 12. The van der Waals surface area contributed by atoms with Gasteiger partial charge in [-0.15, -0.1) is 0 Å². The van der Waals surface area contributed by atoms with Gasteiger partial charge in [0.05, 0.1) is 12.3 Å². The lowest BCUT2D eigenvalue weighted by Gasteiger charge is -2.40. The molecule has 15 nitrogen and oxygen atoms in total.